The number of hydrogen-bond acceptors (Lipinski definition) is 4. The quantitative estimate of drug-likeness (QED) is 0.709. The van der Waals surface area contributed by atoms with Crippen molar-refractivity contribution in [1.29, 1.82) is 0 Å². The van der Waals surface area contributed by atoms with Crippen LogP contribution < -0.4 is 0 Å². The molecule has 5 heteroatoms. The first-order valence-electron chi connectivity index (χ1n) is 9.52. The second-order valence-corrected chi connectivity index (χ2v) is 9.80. The molecule has 0 spiro atoms. The Labute approximate surface area is 164 Å². The van der Waals surface area contributed by atoms with Gasteiger partial charge in [0.2, 0.25) is 5.91 Å². The van der Waals surface area contributed by atoms with Gasteiger partial charge in [-0.3, -0.25) is 4.79 Å². The van der Waals surface area contributed by atoms with Crippen LogP contribution in [-0.4, -0.2) is 51.9 Å². The maximum atomic E-state index is 12.6. The third-order valence-electron chi connectivity index (χ3n) is 5.34. The van der Waals surface area contributed by atoms with Gasteiger partial charge in [-0.25, -0.2) is 0 Å². The molecule has 5 nitrogen and oxygen atoms in total. The number of carbonyl (C=O) groups excluding carboxylic acids is 1. The topological polar surface area (TPSA) is 81.0 Å². The Bertz CT molecular complexity index is 664. The van der Waals surface area contributed by atoms with Crippen molar-refractivity contribution >= 4 is 5.91 Å². The van der Waals surface area contributed by atoms with Crippen molar-refractivity contribution in [2.24, 2.45) is 0 Å². The second-order valence-electron chi connectivity index (χ2n) is 9.80. The van der Waals surface area contributed by atoms with Gasteiger partial charge in [0.05, 0.1) is 18.8 Å². The average molecular weight is 380 g/mol. The number of hydrogen-bond donors (Lipinski definition) is 3. The lowest BCUT2D eigenvalue weighted by atomic mass is 9.78. The molecule has 0 fully saturated rings. The smallest absolute Gasteiger partial charge is 0.223 e. The highest BCUT2D eigenvalue weighted by atomic mass is 16.3. The lowest BCUT2D eigenvalue weighted by Crippen LogP contribution is -2.52. The minimum absolute atomic E-state index is 0.0738. The predicted octanol–water partition coefficient (Wildman–Crippen LogP) is 3.12. The molecule has 0 saturated heterocycles. The predicted molar refractivity (Wildman–Crippen MR) is 109 cm³/mol. The maximum absolute atomic E-state index is 12.6. The summed E-state index contributed by atoms with van der Waals surface area (Å²) in [4.78, 5) is 14.0. The second kappa shape index (κ2) is 8.19. The highest BCUT2D eigenvalue weighted by molar-refractivity contribution is 5.77. The normalized spacial score (nSPS) is 13.0. The Balaban J connectivity index is 3.18. The minimum atomic E-state index is -0.997. The van der Waals surface area contributed by atoms with Crippen LogP contribution in [0.1, 0.15) is 71.6 Å². The van der Waals surface area contributed by atoms with Crippen molar-refractivity contribution < 1.29 is 20.1 Å². The number of rotatable bonds is 6. The van der Waals surface area contributed by atoms with Crippen LogP contribution in [0.5, 0.6) is 5.75 Å². The summed E-state index contributed by atoms with van der Waals surface area (Å²) in [6.45, 7) is 13.6. The lowest BCUT2D eigenvalue weighted by molar-refractivity contribution is -0.138. The molecule has 0 heterocycles. The molecule has 154 valence electrons. The number of carbonyl (C=O) groups is 1. The monoisotopic (exact) mass is 379 g/mol. The van der Waals surface area contributed by atoms with Crippen molar-refractivity contribution in [2.45, 2.75) is 77.7 Å². The van der Waals surface area contributed by atoms with Crippen LogP contribution >= 0.6 is 0 Å². The molecule has 0 saturated carbocycles. The number of benzene rings is 1. The Morgan fingerprint density at radius 1 is 0.963 bits per heavy atom. The molecule has 0 aromatic heterocycles. The molecule has 0 aliphatic rings. The zero-order chi connectivity index (χ0) is 21.2. The Hall–Kier alpha value is -1.59. The number of nitrogens with zero attached hydrogens (tertiary/aromatic N) is 1. The fourth-order valence-electron chi connectivity index (χ4n) is 2.86. The van der Waals surface area contributed by atoms with Gasteiger partial charge < -0.3 is 20.2 Å². The van der Waals surface area contributed by atoms with Gasteiger partial charge in [0, 0.05) is 13.5 Å². The van der Waals surface area contributed by atoms with Gasteiger partial charge >= 0.3 is 0 Å². The number of amides is 1. The summed E-state index contributed by atoms with van der Waals surface area (Å²) in [6.07, 6.45) is 0.589. The molecule has 27 heavy (non-hydrogen) atoms. The van der Waals surface area contributed by atoms with E-state index >= 15 is 0 Å². The first-order valence-corrected chi connectivity index (χ1v) is 9.52. The molecule has 0 aliphatic carbocycles. The van der Waals surface area contributed by atoms with Crippen molar-refractivity contribution in [1.82, 2.24) is 4.90 Å². The van der Waals surface area contributed by atoms with Crippen molar-refractivity contribution in [3.05, 3.63) is 28.8 Å². The highest BCUT2D eigenvalue weighted by Gasteiger charge is 2.31. The van der Waals surface area contributed by atoms with Gasteiger partial charge in [-0.15, -0.1) is 0 Å². The molecule has 1 amide bonds. The number of aliphatic hydroxyl groups is 2. The molecule has 1 rings (SSSR count). The van der Waals surface area contributed by atoms with E-state index in [9.17, 15) is 20.1 Å². The van der Waals surface area contributed by atoms with Gasteiger partial charge in [0.25, 0.3) is 0 Å². The van der Waals surface area contributed by atoms with Crippen molar-refractivity contribution in [3.8, 4) is 5.75 Å². The van der Waals surface area contributed by atoms with Gasteiger partial charge in [-0.2, -0.15) is 0 Å². The zero-order valence-corrected chi connectivity index (χ0v) is 18.2. The third-order valence-corrected chi connectivity index (χ3v) is 5.34. The van der Waals surface area contributed by atoms with E-state index in [0.29, 0.717) is 6.42 Å². The van der Waals surface area contributed by atoms with Gasteiger partial charge in [0.1, 0.15) is 5.75 Å². The molecule has 0 radical (unpaired) electrons. The Kier molecular flexibility index (Phi) is 7.11. The van der Waals surface area contributed by atoms with Gasteiger partial charge in [-0.05, 0) is 40.9 Å². The molecular formula is C22H37NO4. The van der Waals surface area contributed by atoms with Crippen molar-refractivity contribution in [3.63, 3.8) is 0 Å². The van der Waals surface area contributed by atoms with Crippen LogP contribution in [0.25, 0.3) is 0 Å². The summed E-state index contributed by atoms with van der Waals surface area (Å²) in [7, 11) is 1.58. The number of aryl methyl sites for hydroxylation is 1. The van der Waals surface area contributed by atoms with E-state index in [1.807, 2.05) is 6.07 Å². The molecular weight excluding hydrogens is 342 g/mol. The van der Waals surface area contributed by atoms with Gasteiger partial charge in [-0.1, -0.05) is 53.7 Å². The van der Waals surface area contributed by atoms with Gasteiger partial charge in [0.15, 0.2) is 0 Å². The van der Waals surface area contributed by atoms with E-state index in [-0.39, 0.29) is 42.1 Å². The maximum Gasteiger partial charge on any atom is 0.223 e. The van der Waals surface area contributed by atoms with Crippen LogP contribution in [0.15, 0.2) is 12.1 Å². The SMILES string of the molecule is CN(C(=O)CCc1cc(C(C)(C)C)cc(C(C)(C)C)c1O)C(C)(CO)CO. The molecule has 1 aromatic rings. The number of phenolic OH excluding ortho intramolecular Hbond substituents is 1. The molecule has 0 unspecified atom stereocenters. The van der Waals surface area contributed by atoms with Crippen LogP contribution in [0, 0.1) is 0 Å². The fraction of sp³-hybridized carbons (Fsp3) is 0.682. The molecule has 0 bridgehead atoms. The largest absolute Gasteiger partial charge is 0.507 e. The first kappa shape index (κ1) is 23.4. The fourth-order valence-corrected chi connectivity index (χ4v) is 2.86. The highest BCUT2D eigenvalue weighted by Crippen LogP contribution is 2.38. The van der Waals surface area contributed by atoms with Crippen LogP contribution in [0.3, 0.4) is 0 Å². The number of phenols is 1. The minimum Gasteiger partial charge on any atom is -0.507 e. The van der Waals surface area contributed by atoms with Crippen LogP contribution in [0.4, 0.5) is 0 Å². The molecule has 1 aromatic carbocycles. The van der Waals surface area contributed by atoms with Crippen molar-refractivity contribution in [2.75, 3.05) is 20.3 Å². The Morgan fingerprint density at radius 3 is 1.89 bits per heavy atom. The van der Waals surface area contributed by atoms with E-state index in [2.05, 4.69) is 47.6 Å². The standard InChI is InChI=1S/C22H37NO4/c1-20(2,3)16-11-15(19(27)17(12-16)21(4,5)6)9-10-18(26)23(8)22(7,13-24)14-25/h11-12,24-25,27H,9-10,13-14H2,1-8H3. The average Bonchev–Trinajstić information content (AvgIpc) is 2.57. The Morgan fingerprint density at radius 2 is 1.48 bits per heavy atom. The zero-order valence-electron chi connectivity index (χ0n) is 18.2. The molecule has 0 aliphatic heterocycles. The molecule has 3 N–H and O–H groups in total. The van der Waals surface area contributed by atoms with E-state index in [1.165, 1.54) is 4.90 Å². The van der Waals surface area contributed by atoms with E-state index in [1.54, 1.807) is 14.0 Å². The summed E-state index contributed by atoms with van der Waals surface area (Å²) in [5.41, 5.74) is 1.47. The first-order chi connectivity index (χ1) is 12.2. The van der Waals surface area contributed by atoms with E-state index in [0.717, 1.165) is 16.7 Å². The third kappa shape index (κ3) is 5.45. The summed E-state index contributed by atoms with van der Waals surface area (Å²) in [5.74, 6) is 0.0662. The number of aliphatic hydroxyl groups excluding tert-OH is 2. The van der Waals surface area contributed by atoms with E-state index in [4.69, 9.17) is 0 Å². The number of likely N-dealkylation sites (N-methyl/N-ethyl adjacent to an activating group) is 1. The molecule has 0 atom stereocenters. The van der Waals surface area contributed by atoms with E-state index < -0.39 is 5.54 Å². The summed E-state index contributed by atoms with van der Waals surface area (Å²) in [6, 6.07) is 4.04. The summed E-state index contributed by atoms with van der Waals surface area (Å²) >= 11 is 0. The lowest BCUT2D eigenvalue weighted by Gasteiger charge is -2.36. The summed E-state index contributed by atoms with van der Waals surface area (Å²) < 4.78 is 0. The van der Waals surface area contributed by atoms with Crippen LogP contribution in [-0.2, 0) is 22.0 Å². The number of aromatic hydroxyl groups is 1. The van der Waals surface area contributed by atoms with Crippen LogP contribution in [0.2, 0.25) is 0 Å². The summed E-state index contributed by atoms with van der Waals surface area (Å²) in [5, 5.41) is 29.8.